The molecule has 4 heteroatoms. The normalized spacial score (nSPS) is 19.4. The van der Waals surface area contributed by atoms with Crippen molar-refractivity contribution in [3.05, 3.63) is 29.8 Å². The molecule has 1 fully saturated rings. The van der Waals surface area contributed by atoms with Gasteiger partial charge in [0.25, 0.3) is 0 Å². The second-order valence-electron chi connectivity index (χ2n) is 5.85. The lowest BCUT2D eigenvalue weighted by molar-refractivity contribution is -0.117. The maximum atomic E-state index is 12.2. The van der Waals surface area contributed by atoms with Gasteiger partial charge in [-0.25, -0.2) is 0 Å². The van der Waals surface area contributed by atoms with Crippen molar-refractivity contribution in [3.8, 4) is 0 Å². The molecule has 1 aromatic rings. The molecular formula is C17H27ClN2O. The van der Waals surface area contributed by atoms with Gasteiger partial charge in [0.2, 0.25) is 5.91 Å². The topological polar surface area (TPSA) is 41.1 Å². The van der Waals surface area contributed by atoms with Crippen molar-refractivity contribution in [2.24, 2.45) is 11.8 Å². The summed E-state index contributed by atoms with van der Waals surface area (Å²) in [6.07, 6.45) is 4.03. The fraction of sp³-hybridized carbons (Fsp3) is 0.588. The zero-order valence-electron chi connectivity index (χ0n) is 13.0. The number of hydrogen-bond donors (Lipinski definition) is 2. The first kappa shape index (κ1) is 18.0. The van der Waals surface area contributed by atoms with Gasteiger partial charge in [-0.3, -0.25) is 4.79 Å². The molecule has 1 aliphatic heterocycles. The summed E-state index contributed by atoms with van der Waals surface area (Å²) < 4.78 is 0. The molecule has 118 valence electrons. The van der Waals surface area contributed by atoms with E-state index in [9.17, 15) is 4.79 Å². The lowest BCUT2D eigenvalue weighted by atomic mass is 9.85. The number of amides is 1. The monoisotopic (exact) mass is 310 g/mol. The highest BCUT2D eigenvalue weighted by molar-refractivity contribution is 5.91. The highest BCUT2D eigenvalue weighted by Gasteiger charge is 2.22. The van der Waals surface area contributed by atoms with E-state index in [0.29, 0.717) is 18.3 Å². The van der Waals surface area contributed by atoms with Crippen LogP contribution in [0, 0.1) is 11.8 Å². The first-order valence-corrected chi connectivity index (χ1v) is 7.79. The number of hydrogen-bond acceptors (Lipinski definition) is 2. The average Bonchev–Trinajstić information content (AvgIpc) is 2.48. The maximum absolute atomic E-state index is 12.2. The molecule has 2 rings (SSSR count). The van der Waals surface area contributed by atoms with Crippen LogP contribution in [0.1, 0.15) is 38.7 Å². The van der Waals surface area contributed by atoms with E-state index in [-0.39, 0.29) is 18.3 Å². The maximum Gasteiger partial charge on any atom is 0.224 e. The van der Waals surface area contributed by atoms with Crippen molar-refractivity contribution in [1.29, 1.82) is 0 Å². The molecule has 2 atom stereocenters. The number of carbonyl (C=O) groups is 1. The first-order chi connectivity index (χ1) is 9.70. The predicted molar refractivity (Wildman–Crippen MR) is 91.1 cm³/mol. The van der Waals surface area contributed by atoms with E-state index in [1.165, 1.54) is 18.4 Å². The fourth-order valence-electron chi connectivity index (χ4n) is 2.98. The van der Waals surface area contributed by atoms with E-state index < -0.39 is 0 Å². The minimum absolute atomic E-state index is 0. The molecule has 21 heavy (non-hydrogen) atoms. The zero-order chi connectivity index (χ0) is 14.4. The summed E-state index contributed by atoms with van der Waals surface area (Å²) in [6, 6.07) is 8.06. The summed E-state index contributed by atoms with van der Waals surface area (Å²) in [6.45, 7) is 6.49. The molecule has 1 heterocycles. The van der Waals surface area contributed by atoms with Crippen LogP contribution in [0.15, 0.2) is 24.3 Å². The van der Waals surface area contributed by atoms with Gasteiger partial charge in [0.05, 0.1) is 0 Å². The molecule has 1 saturated heterocycles. The second kappa shape index (κ2) is 9.06. The largest absolute Gasteiger partial charge is 0.326 e. The van der Waals surface area contributed by atoms with Crippen molar-refractivity contribution in [3.63, 3.8) is 0 Å². The van der Waals surface area contributed by atoms with Crippen LogP contribution in [0.4, 0.5) is 5.69 Å². The number of benzene rings is 1. The van der Waals surface area contributed by atoms with E-state index in [0.717, 1.165) is 25.2 Å². The van der Waals surface area contributed by atoms with Crippen molar-refractivity contribution >= 4 is 24.0 Å². The van der Waals surface area contributed by atoms with E-state index in [4.69, 9.17) is 0 Å². The van der Waals surface area contributed by atoms with Crippen LogP contribution >= 0.6 is 12.4 Å². The van der Waals surface area contributed by atoms with Gasteiger partial charge in [-0.2, -0.15) is 0 Å². The van der Waals surface area contributed by atoms with Crippen LogP contribution in [-0.4, -0.2) is 19.0 Å². The highest BCUT2D eigenvalue weighted by atomic mass is 35.5. The smallest absolute Gasteiger partial charge is 0.224 e. The van der Waals surface area contributed by atoms with E-state index >= 15 is 0 Å². The van der Waals surface area contributed by atoms with Gasteiger partial charge in [0.15, 0.2) is 0 Å². The SMILES string of the molecule is CCc1ccccc1NC(=O)CC(C)C1CCCNC1.Cl. The van der Waals surface area contributed by atoms with Crippen LogP contribution in [0.25, 0.3) is 0 Å². The van der Waals surface area contributed by atoms with E-state index in [1.807, 2.05) is 18.2 Å². The Morgan fingerprint density at radius 1 is 1.43 bits per heavy atom. The third-order valence-corrected chi connectivity index (χ3v) is 4.32. The molecule has 1 aliphatic rings. The minimum Gasteiger partial charge on any atom is -0.326 e. The molecular weight excluding hydrogens is 284 g/mol. The summed E-state index contributed by atoms with van der Waals surface area (Å²) in [7, 11) is 0. The van der Waals surface area contributed by atoms with Crippen LogP contribution in [0.2, 0.25) is 0 Å². The molecule has 2 N–H and O–H groups in total. The van der Waals surface area contributed by atoms with Gasteiger partial charge in [-0.1, -0.05) is 32.0 Å². The lowest BCUT2D eigenvalue weighted by Gasteiger charge is -2.28. The van der Waals surface area contributed by atoms with E-state index in [2.05, 4.69) is 30.5 Å². The van der Waals surface area contributed by atoms with Gasteiger partial charge >= 0.3 is 0 Å². The molecule has 0 radical (unpaired) electrons. The highest BCUT2D eigenvalue weighted by Crippen LogP contribution is 2.23. The Bertz CT molecular complexity index is 444. The molecule has 0 aliphatic carbocycles. The summed E-state index contributed by atoms with van der Waals surface area (Å²) in [5.41, 5.74) is 2.17. The van der Waals surface area contributed by atoms with Gasteiger partial charge < -0.3 is 10.6 Å². The Labute approximate surface area is 134 Å². The Morgan fingerprint density at radius 3 is 2.86 bits per heavy atom. The number of aryl methyl sites for hydroxylation is 1. The van der Waals surface area contributed by atoms with Gasteiger partial charge in [0.1, 0.15) is 0 Å². The summed E-state index contributed by atoms with van der Waals surface area (Å²) >= 11 is 0. The zero-order valence-corrected chi connectivity index (χ0v) is 13.8. The predicted octanol–water partition coefficient (Wildman–Crippen LogP) is 3.64. The van der Waals surface area contributed by atoms with Crippen LogP contribution in [0.3, 0.4) is 0 Å². The number of para-hydroxylation sites is 1. The van der Waals surface area contributed by atoms with Gasteiger partial charge in [0, 0.05) is 12.1 Å². The van der Waals surface area contributed by atoms with Crippen molar-refractivity contribution in [2.75, 3.05) is 18.4 Å². The van der Waals surface area contributed by atoms with Crippen molar-refractivity contribution in [1.82, 2.24) is 5.32 Å². The van der Waals surface area contributed by atoms with Crippen molar-refractivity contribution in [2.45, 2.75) is 39.5 Å². The fourth-order valence-corrected chi connectivity index (χ4v) is 2.98. The molecule has 0 spiro atoms. The molecule has 1 aromatic carbocycles. The van der Waals surface area contributed by atoms with E-state index in [1.54, 1.807) is 0 Å². The Hall–Kier alpha value is -1.06. The standard InChI is InChI=1S/C17H26N2O.ClH/c1-3-14-7-4-5-9-16(14)19-17(20)11-13(2)15-8-6-10-18-12-15;/h4-5,7,9,13,15,18H,3,6,8,10-12H2,1-2H3,(H,19,20);1H. The van der Waals surface area contributed by atoms with Gasteiger partial charge in [-0.15, -0.1) is 12.4 Å². The second-order valence-corrected chi connectivity index (χ2v) is 5.85. The number of rotatable bonds is 5. The molecule has 2 unspecified atom stereocenters. The van der Waals surface area contributed by atoms with Crippen molar-refractivity contribution < 1.29 is 4.79 Å². The summed E-state index contributed by atoms with van der Waals surface area (Å²) in [5, 5.41) is 6.50. The third kappa shape index (κ3) is 5.33. The summed E-state index contributed by atoms with van der Waals surface area (Å²) in [4.78, 5) is 12.2. The van der Waals surface area contributed by atoms with Crippen LogP contribution in [-0.2, 0) is 11.2 Å². The number of carbonyl (C=O) groups excluding carboxylic acids is 1. The molecule has 3 nitrogen and oxygen atoms in total. The molecule has 0 bridgehead atoms. The van der Waals surface area contributed by atoms with Gasteiger partial charge in [-0.05, 0) is 55.8 Å². The number of anilines is 1. The quantitative estimate of drug-likeness (QED) is 0.872. The Kier molecular flexibility index (Phi) is 7.76. The Balaban J connectivity index is 0.00000220. The number of halogens is 1. The van der Waals surface area contributed by atoms with Crippen LogP contribution < -0.4 is 10.6 Å². The third-order valence-electron chi connectivity index (χ3n) is 4.32. The molecule has 1 amide bonds. The molecule has 0 saturated carbocycles. The molecule has 0 aromatic heterocycles. The minimum atomic E-state index is 0. The lowest BCUT2D eigenvalue weighted by Crippen LogP contribution is -2.34. The number of nitrogens with one attached hydrogen (secondary N) is 2. The van der Waals surface area contributed by atoms with Crippen LogP contribution in [0.5, 0.6) is 0 Å². The first-order valence-electron chi connectivity index (χ1n) is 7.79. The summed E-state index contributed by atoms with van der Waals surface area (Å²) in [5.74, 6) is 1.22. The Morgan fingerprint density at radius 2 is 2.19 bits per heavy atom. The number of piperidine rings is 1. The average molecular weight is 311 g/mol.